The Morgan fingerprint density at radius 3 is 3.00 bits per heavy atom. The average molecular weight is 288 g/mol. The van der Waals surface area contributed by atoms with Crippen molar-refractivity contribution in [1.29, 1.82) is 0 Å². The van der Waals surface area contributed by atoms with Gasteiger partial charge in [0.2, 0.25) is 0 Å². The van der Waals surface area contributed by atoms with Crippen molar-refractivity contribution >= 4 is 28.2 Å². The van der Waals surface area contributed by atoms with Gasteiger partial charge in [-0.2, -0.15) is 0 Å². The van der Waals surface area contributed by atoms with Crippen LogP contribution in [-0.2, 0) is 4.74 Å². The molecule has 1 atom stereocenters. The third-order valence-electron chi connectivity index (χ3n) is 2.31. The molecular weight excluding hydrogens is 268 g/mol. The van der Waals surface area contributed by atoms with Gasteiger partial charge in [-0.15, -0.1) is 0 Å². The highest BCUT2D eigenvalue weighted by molar-refractivity contribution is 7.18. The van der Waals surface area contributed by atoms with Crippen LogP contribution < -0.4 is 16.4 Å². The Hall–Kier alpha value is -1.38. The fourth-order valence-corrected chi connectivity index (χ4v) is 2.30. The molecule has 1 aromatic heterocycles. The van der Waals surface area contributed by atoms with Crippen molar-refractivity contribution in [1.82, 2.24) is 10.3 Å². The lowest BCUT2D eigenvalue weighted by molar-refractivity contribution is 0.0588. The molecule has 0 radical (unpaired) electrons. The number of nitrogens with two attached hydrogens (primary N) is 1. The highest BCUT2D eigenvalue weighted by atomic mass is 32.1. The van der Waals surface area contributed by atoms with E-state index in [1.165, 1.54) is 18.4 Å². The first-order valence-corrected chi connectivity index (χ1v) is 6.85. The number of methoxy groups -OCH3 is 1. The van der Waals surface area contributed by atoms with Crippen LogP contribution in [-0.4, -0.2) is 48.9 Å². The molecule has 0 aromatic carbocycles. The molecule has 108 valence electrons. The van der Waals surface area contributed by atoms with Gasteiger partial charge in [0, 0.05) is 20.2 Å². The van der Waals surface area contributed by atoms with E-state index in [0.717, 1.165) is 6.54 Å². The maximum Gasteiger partial charge on any atom is 0.265 e. The highest BCUT2D eigenvalue weighted by Crippen LogP contribution is 2.24. The molecule has 0 aliphatic rings. The fraction of sp³-hybridized carbons (Fsp3) is 0.636. The molecule has 1 unspecified atom stereocenters. The SMILES string of the molecule is CCNc1nc(N)c(C(=O)NCCC(O)COC)s1. The Bertz CT molecular complexity index is 411. The van der Waals surface area contributed by atoms with E-state index in [9.17, 15) is 9.90 Å². The molecule has 0 bridgehead atoms. The largest absolute Gasteiger partial charge is 0.391 e. The van der Waals surface area contributed by atoms with Crippen LogP contribution in [0.5, 0.6) is 0 Å². The smallest absolute Gasteiger partial charge is 0.265 e. The van der Waals surface area contributed by atoms with Crippen LogP contribution in [0.15, 0.2) is 0 Å². The number of rotatable bonds is 8. The average Bonchev–Trinajstić information content (AvgIpc) is 2.71. The van der Waals surface area contributed by atoms with E-state index in [4.69, 9.17) is 10.5 Å². The summed E-state index contributed by atoms with van der Waals surface area (Å²) >= 11 is 1.21. The Morgan fingerprint density at radius 2 is 2.37 bits per heavy atom. The molecule has 0 saturated carbocycles. The van der Waals surface area contributed by atoms with Crippen LogP contribution in [0.2, 0.25) is 0 Å². The van der Waals surface area contributed by atoms with Crippen molar-refractivity contribution in [3.63, 3.8) is 0 Å². The molecule has 19 heavy (non-hydrogen) atoms. The zero-order valence-electron chi connectivity index (χ0n) is 11.1. The molecule has 8 heteroatoms. The zero-order chi connectivity index (χ0) is 14.3. The van der Waals surface area contributed by atoms with Crippen LogP contribution in [0.1, 0.15) is 23.0 Å². The topological polar surface area (TPSA) is 110 Å². The van der Waals surface area contributed by atoms with Gasteiger partial charge in [-0.05, 0) is 13.3 Å². The molecule has 1 aromatic rings. The van der Waals surface area contributed by atoms with Gasteiger partial charge >= 0.3 is 0 Å². The molecule has 7 nitrogen and oxygen atoms in total. The van der Waals surface area contributed by atoms with E-state index in [0.29, 0.717) is 23.0 Å². The Labute approximate surface area is 116 Å². The number of carbonyl (C=O) groups excluding carboxylic acids is 1. The molecule has 0 saturated heterocycles. The lowest BCUT2D eigenvalue weighted by atomic mass is 10.2. The first-order valence-electron chi connectivity index (χ1n) is 6.03. The van der Waals surface area contributed by atoms with Crippen molar-refractivity contribution in [2.45, 2.75) is 19.4 Å². The normalized spacial score (nSPS) is 12.2. The Kier molecular flexibility index (Phi) is 6.54. The van der Waals surface area contributed by atoms with E-state index < -0.39 is 6.10 Å². The number of nitrogens with zero attached hydrogens (tertiary/aromatic N) is 1. The first kappa shape index (κ1) is 15.7. The van der Waals surface area contributed by atoms with Gasteiger partial charge in [0.25, 0.3) is 5.91 Å². The van der Waals surface area contributed by atoms with E-state index in [-0.39, 0.29) is 18.3 Å². The van der Waals surface area contributed by atoms with Gasteiger partial charge in [0.15, 0.2) is 5.13 Å². The summed E-state index contributed by atoms with van der Waals surface area (Å²) in [6.45, 7) is 3.27. The number of ether oxygens (including phenoxy) is 1. The number of amides is 1. The summed E-state index contributed by atoms with van der Waals surface area (Å²) in [4.78, 5) is 16.3. The number of aliphatic hydroxyl groups is 1. The minimum atomic E-state index is -0.582. The monoisotopic (exact) mass is 288 g/mol. The summed E-state index contributed by atoms with van der Waals surface area (Å²) in [6.07, 6.45) is -0.153. The number of carbonyl (C=O) groups is 1. The van der Waals surface area contributed by atoms with Crippen molar-refractivity contribution in [2.75, 3.05) is 37.9 Å². The fourth-order valence-electron chi connectivity index (χ4n) is 1.43. The Balaban J connectivity index is 2.45. The molecular formula is C11H20N4O3S. The van der Waals surface area contributed by atoms with Crippen LogP contribution >= 0.6 is 11.3 Å². The third-order valence-corrected chi connectivity index (χ3v) is 3.34. The number of nitrogens with one attached hydrogen (secondary N) is 2. The molecule has 0 aliphatic carbocycles. The van der Waals surface area contributed by atoms with Crippen molar-refractivity contribution in [3.8, 4) is 0 Å². The lowest BCUT2D eigenvalue weighted by Gasteiger charge is -2.09. The summed E-state index contributed by atoms with van der Waals surface area (Å²) in [5.41, 5.74) is 5.68. The van der Waals surface area contributed by atoms with E-state index in [1.807, 2.05) is 6.92 Å². The third kappa shape index (κ3) is 5.01. The quantitative estimate of drug-likeness (QED) is 0.547. The second-order valence-electron chi connectivity index (χ2n) is 3.92. The molecule has 0 fully saturated rings. The highest BCUT2D eigenvalue weighted by Gasteiger charge is 2.15. The lowest BCUT2D eigenvalue weighted by Crippen LogP contribution is -2.28. The van der Waals surface area contributed by atoms with Crippen molar-refractivity contribution in [2.24, 2.45) is 0 Å². The molecule has 1 rings (SSSR count). The molecule has 0 spiro atoms. The maximum atomic E-state index is 11.9. The molecule has 1 amide bonds. The summed E-state index contributed by atoms with van der Waals surface area (Å²) in [6, 6.07) is 0. The predicted molar refractivity (Wildman–Crippen MR) is 75.5 cm³/mol. The number of nitrogen functional groups attached to an aromatic ring is 1. The van der Waals surface area contributed by atoms with Gasteiger partial charge in [0.05, 0.1) is 12.7 Å². The summed E-state index contributed by atoms with van der Waals surface area (Å²) in [5.74, 6) is -0.0559. The van der Waals surface area contributed by atoms with Crippen LogP contribution in [0.4, 0.5) is 10.9 Å². The van der Waals surface area contributed by atoms with Crippen molar-refractivity contribution < 1.29 is 14.6 Å². The van der Waals surface area contributed by atoms with Crippen molar-refractivity contribution in [3.05, 3.63) is 4.88 Å². The number of aromatic nitrogens is 1. The van der Waals surface area contributed by atoms with Gasteiger partial charge in [-0.3, -0.25) is 4.79 Å². The first-order chi connectivity index (χ1) is 9.08. The van der Waals surface area contributed by atoms with E-state index in [1.54, 1.807) is 0 Å². The summed E-state index contributed by atoms with van der Waals surface area (Å²) < 4.78 is 4.80. The van der Waals surface area contributed by atoms with E-state index in [2.05, 4.69) is 15.6 Å². The second-order valence-corrected chi connectivity index (χ2v) is 4.92. The van der Waals surface area contributed by atoms with Gasteiger partial charge < -0.3 is 26.2 Å². The van der Waals surface area contributed by atoms with Crippen LogP contribution in [0.25, 0.3) is 0 Å². The van der Waals surface area contributed by atoms with Crippen LogP contribution in [0.3, 0.4) is 0 Å². The number of hydrogen-bond donors (Lipinski definition) is 4. The number of thiazole rings is 1. The molecule has 0 aliphatic heterocycles. The van der Waals surface area contributed by atoms with Gasteiger partial charge in [-0.25, -0.2) is 4.98 Å². The summed E-state index contributed by atoms with van der Waals surface area (Å²) in [7, 11) is 1.52. The standard InChI is InChI=1S/C11H20N4O3S/c1-3-13-11-15-9(12)8(19-11)10(17)14-5-4-7(16)6-18-2/h7,16H,3-6,12H2,1-2H3,(H,13,15)(H,14,17). The second kappa shape index (κ2) is 7.93. The van der Waals surface area contributed by atoms with Gasteiger partial charge in [-0.1, -0.05) is 11.3 Å². The number of hydrogen-bond acceptors (Lipinski definition) is 7. The van der Waals surface area contributed by atoms with E-state index >= 15 is 0 Å². The summed E-state index contributed by atoms with van der Waals surface area (Å²) in [5, 5.41) is 15.8. The molecule has 5 N–H and O–H groups in total. The molecule has 1 heterocycles. The predicted octanol–water partition coefficient (Wildman–Crippen LogP) is 0.284. The maximum absolute atomic E-state index is 11.9. The minimum Gasteiger partial charge on any atom is -0.391 e. The Morgan fingerprint density at radius 1 is 1.63 bits per heavy atom. The number of anilines is 2. The van der Waals surface area contributed by atoms with Crippen LogP contribution in [0, 0.1) is 0 Å². The minimum absolute atomic E-state index is 0.218. The number of aliphatic hydroxyl groups excluding tert-OH is 1. The zero-order valence-corrected chi connectivity index (χ0v) is 11.9. The van der Waals surface area contributed by atoms with Gasteiger partial charge in [0.1, 0.15) is 10.7 Å².